The van der Waals surface area contributed by atoms with Crippen molar-refractivity contribution in [1.29, 1.82) is 0 Å². The van der Waals surface area contributed by atoms with Gasteiger partial charge >= 0.3 is 5.97 Å². The Morgan fingerprint density at radius 2 is 1.96 bits per heavy atom. The quantitative estimate of drug-likeness (QED) is 0.762. The number of benzene rings is 2. The van der Waals surface area contributed by atoms with E-state index in [0.717, 1.165) is 30.2 Å². The summed E-state index contributed by atoms with van der Waals surface area (Å²) in [5.74, 6) is -1.27. The fourth-order valence-corrected chi connectivity index (χ4v) is 3.92. The predicted molar refractivity (Wildman–Crippen MR) is 105 cm³/mol. The highest BCUT2D eigenvalue weighted by Crippen LogP contribution is 2.30. The number of aryl methyl sites for hydroxylation is 1. The summed E-state index contributed by atoms with van der Waals surface area (Å²) in [6.07, 6.45) is 1.68. The van der Waals surface area contributed by atoms with E-state index in [-0.39, 0.29) is 27.4 Å². The van der Waals surface area contributed by atoms with Crippen LogP contribution in [-0.4, -0.2) is 32.9 Å². The Labute approximate surface area is 168 Å². The summed E-state index contributed by atoms with van der Waals surface area (Å²) in [4.78, 5) is 26.4. The van der Waals surface area contributed by atoms with E-state index in [9.17, 15) is 18.0 Å². The van der Waals surface area contributed by atoms with Crippen LogP contribution in [0.15, 0.2) is 47.4 Å². The van der Waals surface area contributed by atoms with E-state index in [2.05, 4.69) is 0 Å². The maximum Gasteiger partial charge on any atom is 0.340 e. The Morgan fingerprint density at radius 3 is 2.68 bits per heavy atom. The molecule has 2 aromatic rings. The standard InChI is InChI=1S/C19H19ClN2O5S/c1-12-6-7-13-4-2-3-5-17(13)22(12)18(23)11-27-19(24)15-10-14(28(21,25)26)8-9-16(15)20/h2-5,8-10,12H,6-7,11H2,1H3,(H2,21,25,26). The van der Waals surface area contributed by atoms with Crippen molar-refractivity contribution < 1.29 is 22.7 Å². The summed E-state index contributed by atoms with van der Waals surface area (Å²) < 4.78 is 28.0. The van der Waals surface area contributed by atoms with E-state index in [1.54, 1.807) is 4.90 Å². The lowest BCUT2D eigenvalue weighted by atomic mass is 9.96. The molecule has 0 fully saturated rings. The number of carbonyl (C=O) groups excluding carboxylic acids is 2. The summed E-state index contributed by atoms with van der Waals surface area (Å²) in [5.41, 5.74) is 1.69. The Balaban J connectivity index is 1.76. The van der Waals surface area contributed by atoms with Crippen LogP contribution in [0.2, 0.25) is 5.02 Å². The number of hydrogen-bond acceptors (Lipinski definition) is 5. The number of nitrogens with two attached hydrogens (primary N) is 1. The number of hydrogen-bond donors (Lipinski definition) is 1. The fourth-order valence-electron chi connectivity index (χ4n) is 3.18. The molecule has 1 heterocycles. The molecule has 148 valence electrons. The van der Waals surface area contributed by atoms with Gasteiger partial charge in [0.25, 0.3) is 5.91 Å². The molecule has 1 aliphatic rings. The minimum absolute atomic E-state index is 0.00142. The van der Waals surface area contributed by atoms with E-state index in [4.69, 9.17) is 21.5 Å². The van der Waals surface area contributed by atoms with Gasteiger partial charge in [-0.25, -0.2) is 18.4 Å². The van der Waals surface area contributed by atoms with E-state index in [1.807, 2.05) is 31.2 Å². The van der Waals surface area contributed by atoms with Gasteiger partial charge in [0.1, 0.15) is 0 Å². The summed E-state index contributed by atoms with van der Waals surface area (Å²) in [7, 11) is -4.01. The van der Waals surface area contributed by atoms with E-state index in [0.29, 0.717) is 0 Å². The third kappa shape index (κ3) is 4.19. The van der Waals surface area contributed by atoms with Crippen molar-refractivity contribution in [3.8, 4) is 0 Å². The minimum Gasteiger partial charge on any atom is -0.452 e. The first kappa shape index (κ1) is 20.3. The summed E-state index contributed by atoms with van der Waals surface area (Å²) in [6.45, 7) is 1.44. The Hall–Kier alpha value is -2.42. The zero-order valence-corrected chi connectivity index (χ0v) is 16.7. The summed E-state index contributed by atoms with van der Waals surface area (Å²) in [5, 5.41) is 5.07. The number of nitrogens with zero attached hydrogens (tertiary/aromatic N) is 1. The van der Waals surface area contributed by atoms with Gasteiger partial charge in [-0.1, -0.05) is 29.8 Å². The van der Waals surface area contributed by atoms with Crippen LogP contribution in [0, 0.1) is 0 Å². The van der Waals surface area contributed by atoms with Gasteiger partial charge in [0.05, 0.1) is 15.5 Å². The first-order chi connectivity index (χ1) is 13.2. The van der Waals surface area contributed by atoms with Crippen LogP contribution in [0.4, 0.5) is 5.69 Å². The Kier molecular flexibility index (Phi) is 5.74. The van der Waals surface area contributed by atoms with Crippen LogP contribution in [0.25, 0.3) is 0 Å². The smallest absolute Gasteiger partial charge is 0.340 e. The van der Waals surface area contributed by atoms with Crippen LogP contribution in [-0.2, 0) is 26.0 Å². The third-order valence-corrected chi connectivity index (χ3v) is 5.85. The molecule has 7 nitrogen and oxygen atoms in total. The SMILES string of the molecule is CC1CCc2ccccc2N1C(=O)COC(=O)c1cc(S(N)(=O)=O)ccc1Cl. The second-order valence-corrected chi connectivity index (χ2v) is 8.51. The molecule has 0 radical (unpaired) electrons. The average molecular weight is 423 g/mol. The lowest BCUT2D eigenvalue weighted by Crippen LogP contribution is -2.44. The van der Waals surface area contributed by atoms with Gasteiger partial charge in [0, 0.05) is 11.7 Å². The van der Waals surface area contributed by atoms with Gasteiger partial charge in [-0.3, -0.25) is 4.79 Å². The number of ether oxygens (including phenoxy) is 1. The molecule has 0 bridgehead atoms. The lowest BCUT2D eigenvalue weighted by molar-refractivity contribution is -0.122. The zero-order chi connectivity index (χ0) is 20.5. The maximum absolute atomic E-state index is 12.7. The highest BCUT2D eigenvalue weighted by atomic mass is 35.5. The van der Waals surface area contributed by atoms with E-state index < -0.39 is 22.6 Å². The largest absolute Gasteiger partial charge is 0.452 e. The molecule has 0 aromatic heterocycles. The second kappa shape index (κ2) is 7.90. The number of anilines is 1. The van der Waals surface area contributed by atoms with Gasteiger partial charge in [-0.15, -0.1) is 0 Å². The van der Waals surface area contributed by atoms with Crippen molar-refractivity contribution in [2.75, 3.05) is 11.5 Å². The molecule has 2 aromatic carbocycles. The molecule has 0 spiro atoms. The molecule has 0 saturated carbocycles. The topological polar surface area (TPSA) is 107 Å². The first-order valence-electron chi connectivity index (χ1n) is 8.58. The number of sulfonamides is 1. The van der Waals surface area contributed by atoms with Crippen molar-refractivity contribution in [1.82, 2.24) is 0 Å². The van der Waals surface area contributed by atoms with Crippen LogP contribution >= 0.6 is 11.6 Å². The second-order valence-electron chi connectivity index (χ2n) is 6.54. The molecule has 3 rings (SSSR count). The minimum atomic E-state index is -4.01. The zero-order valence-electron chi connectivity index (χ0n) is 15.1. The number of fused-ring (bicyclic) bond motifs is 1. The van der Waals surface area contributed by atoms with E-state index in [1.165, 1.54) is 12.1 Å². The number of carbonyl (C=O) groups is 2. The van der Waals surface area contributed by atoms with Crippen molar-refractivity contribution >= 4 is 39.2 Å². The molecule has 2 N–H and O–H groups in total. The third-order valence-electron chi connectivity index (χ3n) is 4.61. The number of halogens is 1. The molecule has 1 amide bonds. The molecule has 28 heavy (non-hydrogen) atoms. The van der Waals surface area contributed by atoms with Crippen LogP contribution in [0.1, 0.15) is 29.3 Å². The van der Waals surface area contributed by atoms with Crippen molar-refractivity contribution in [3.63, 3.8) is 0 Å². The lowest BCUT2D eigenvalue weighted by Gasteiger charge is -2.35. The number of rotatable bonds is 4. The van der Waals surface area contributed by atoms with Gasteiger partial charge in [-0.2, -0.15) is 0 Å². The van der Waals surface area contributed by atoms with Crippen molar-refractivity contribution in [2.45, 2.75) is 30.7 Å². The number of esters is 1. The summed E-state index contributed by atoms with van der Waals surface area (Å²) in [6, 6.07) is 11.0. The van der Waals surface area contributed by atoms with Crippen molar-refractivity contribution in [2.24, 2.45) is 5.14 Å². The Bertz CT molecular complexity index is 1040. The van der Waals surface area contributed by atoms with Crippen molar-refractivity contribution in [3.05, 3.63) is 58.6 Å². The van der Waals surface area contributed by atoms with Gasteiger partial charge in [-0.05, 0) is 49.6 Å². The highest BCUT2D eigenvalue weighted by molar-refractivity contribution is 7.89. The van der Waals surface area contributed by atoms with Crippen LogP contribution in [0.3, 0.4) is 0 Å². The molecule has 0 aliphatic carbocycles. The molecule has 9 heteroatoms. The predicted octanol–water partition coefficient (Wildman–Crippen LogP) is 2.51. The first-order valence-corrected chi connectivity index (χ1v) is 10.5. The van der Waals surface area contributed by atoms with E-state index >= 15 is 0 Å². The highest BCUT2D eigenvalue weighted by Gasteiger charge is 2.29. The molecule has 0 saturated heterocycles. The molecule has 1 unspecified atom stereocenters. The number of para-hydroxylation sites is 1. The fraction of sp³-hybridized carbons (Fsp3) is 0.263. The Morgan fingerprint density at radius 1 is 1.25 bits per heavy atom. The summed E-state index contributed by atoms with van der Waals surface area (Å²) >= 11 is 5.96. The normalized spacial score (nSPS) is 16.4. The monoisotopic (exact) mass is 422 g/mol. The molecular weight excluding hydrogens is 404 g/mol. The van der Waals surface area contributed by atoms with Gasteiger partial charge in [0.2, 0.25) is 10.0 Å². The average Bonchev–Trinajstić information content (AvgIpc) is 2.65. The van der Waals surface area contributed by atoms with Gasteiger partial charge in [0.15, 0.2) is 6.61 Å². The van der Waals surface area contributed by atoms with Crippen LogP contribution < -0.4 is 10.0 Å². The number of amides is 1. The number of primary sulfonamides is 1. The van der Waals surface area contributed by atoms with Gasteiger partial charge < -0.3 is 9.64 Å². The molecule has 1 aliphatic heterocycles. The van der Waals surface area contributed by atoms with Crippen LogP contribution in [0.5, 0.6) is 0 Å². The molecular formula is C19H19ClN2O5S. The maximum atomic E-state index is 12.7. The molecule has 1 atom stereocenters.